The van der Waals surface area contributed by atoms with Gasteiger partial charge in [-0.15, -0.1) is 0 Å². The summed E-state index contributed by atoms with van der Waals surface area (Å²) in [5, 5.41) is 4.35. The van der Waals surface area contributed by atoms with Crippen LogP contribution in [0.4, 0.5) is 5.82 Å². The van der Waals surface area contributed by atoms with Gasteiger partial charge in [0, 0.05) is 43.5 Å². The first-order chi connectivity index (χ1) is 15.3. The second kappa shape index (κ2) is 10.6. The van der Waals surface area contributed by atoms with Crippen LogP contribution in [0.2, 0.25) is 0 Å². The van der Waals surface area contributed by atoms with Crippen molar-refractivity contribution in [2.75, 3.05) is 25.2 Å². The Morgan fingerprint density at radius 2 is 2.03 bits per heavy atom. The highest BCUT2D eigenvalue weighted by atomic mass is 16.5. The van der Waals surface area contributed by atoms with Crippen LogP contribution in [0.5, 0.6) is 6.01 Å². The van der Waals surface area contributed by atoms with E-state index in [1.807, 2.05) is 36.4 Å². The molecule has 0 atom stereocenters. The lowest BCUT2D eigenvalue weighted by molar-refractivity contribution is 0.0843. The average molecular weight is 418 g/mol. The van der Waals surface area contributed by atoms with Gasteiger partial charge in [0.1, 0.15) is 0 Å². The zero-order valence-electron chi connectivity index (χ0n) is 17.7. The van der Waals surface area contributed by atoms with Gasteiger partial charge in [-0.25, -0.2) is 0 Å². The first kappa shape index (κ1) is 20.9. The van der Waals surface area contributed by atoms with Crippen LogP contribution in [-0.4, -0.2) is 41.0 Å². The monoisotopic (exact) mass is 417 g/mol. The topological polar surface area (TPSA) is 81.5 Å². The average Bonchev–Trinajstić information content (AvgIpc) is 2.80. The van der Waals surface area contributed by atoms with E-state index in [9.17, 15) is 0 Å². The molecule has 3 aromatic rings. The Bertz CT molecular complexity index is 1000. The number of pyridine rings is 1. The molecule has 7 heteroatoms. The highest BCUT2D eigenvalue weighted by Gasteiger charge is 2.19. The lowest BCUT2D eigenvalue weighted by Crippen LogP contribution is -2.16. The Labute approximate surface area is 182 Å². The summed E-state index contributed by atoms with van der Waals surface area (Å²) in [5.41, 5.74) is 7.19. The van der Waals surface area contributed by atoms with Crippen molar-refractivity contribution in [3.63, 3.8) is 0 Å². The number of hydrazone groups is 1. The number of benzene rings is 1. The van der Waals surface area contributed by atoms with Gasteiger partial charge in [0.05, 0.1) is 18.5 Å². The number of anilines is 1. The van der Waals surface area contributed by atoms with Crippen LogP contribution in [0, 0.1) is 6.92 Å². The predicted molar refractivity (Wildman–Crippen MR) is 121 cm³/mol. The van der Waals surface area contributed by atoms with Crippen LogP contribution in [0.3, 0.4) is 0 Å². The Morgan fingerprint density at radius 1 is 1.13 bits per heavy atom. The molecule has 0 spiro atoms. The van der Waals surface area contributed by atoms with E-state index in [4.69, 9.17) is 9.47 Å². The Morgan fingerprint density at radius 3 is 2.84 bits per heavy atom. The third-order valence-electron chi connectivity index (χ3n) is 5.12. The van der Waals surface area contributed by atoms with E-state index in [1.54, 1.807) is 12.4 Å². The standard InChI is InChI=1S/C24H27N5O2/c1-18-5-4-6-19(15-18)17-26-29-23-16-22(20-8-12-30-13-9-20)27-24(28-23)31-14-10-21-7-2-3-11-25-21/h2-7,11,15-17,20H,8-10,12-14H2,1H3,(H,27,28,29). The maximum atomic E-state index is 5.88. The number of aromatic nitrogens is 3. The SMILES string of the molecule is Cc1cccc(C=NNc2cc(C3CCOCC3)nc(OCCc3ccccn3)n2)c1. The summed E-state index contributed by atoms with van der Waals surface area (Å²) in [6.45, 7) is 4.02. The molecule has 1 aromatic carbocycles. The lowest BCUT2D eigenvalue weighted by atomic mass is 9.96. The van der Waals surface area contributed by atoms with Crippen LogP contribution in [0.15, 0.2) is 59.8 Å². The van der Waals surface area contributed by atoms with Gasteiger partial charge < -0.3 is 9.47 Å². The molecule has 1 saturated heterocycles. The molecule has 7 nitrogen and oxygen atoms in total. The summed E-state index contributed by atoms with van der Waals surface area (Å²) >= 11 is 0. The largest absolute Gasteiger partial charge is 0.463 e. The van der Waals surface area contributed by atoms with Gasteiger partial charge in [-0.05, 0) is 37.5 Å². The molecule has 1 N–H and O–H groups in total. The van der Waals surface area contributed by atoms with E-state index < -0.39 is 0 Å². The van der Waals surface area contributed by atoms with E-state index in [-0.39, 0.29) is 0 Å². The zero-order chi connectivity index (χ0) is 21.3. The van der Waals surface area contributed by atoms with Crippen molar-refractivity contribution in [1.29, 1.82) is 0 Å². The Kier molecular flexibility index (Phi) is 7.18. The zero-order valence-corrected chi connectivity index (χ0v) is 17.7. The summed E-state index contributed by atoms with van der Waals surface area (Å²) in [5.74, 6) is 0.949. The number of rotatable bonds is 8. The molecule has 2 aromatic heterocycles. The first-order valence-electron chi connectivity index (χ1n) is 10.6. The number of nitrogens with zero attached hydrogens (tertiary/aromatic N) is 4. The second-order valence-corrected chi connectivity index (χ2v) is 7.55. The number of aryl methyl sites for hydroxylation is 1. The molecular weight excluding hydrogens is 390 g/mol. The van der Waals surface area contributed by atoms with Crippen LogP contribution in [-0.2, 0) is 11.2 Å². The van der Waals surface area contributed by atoms with Crippen molar-refractivity contribution in [3.05, 3.63) is 77.2 Å². The van der Waals surface area contributed by atoms with E-state index in [0.29, 0.717) is 30.8 Å². The normalized spacial score (nSPS) is 14.6. The minimum Gasteiger partial charge on any atom is -0.463 e. The van der Waals surface area contributed by atoms with Crippen LogP contribution >= 0.6 is 0 Å². The molecule has 3 heterocycles. The maximum absolute atomic E-state index is 5.88. The molecule has 4 rings (SSSR count). The molecule has 1 fully saturated rings. The Balaban J connectivity index is 1.46. The highest BCUT2D eigenvalue weighted by molar-refractivity contribution is 5.80. The van der Waals surface area contributed by atoms with Gasteiger partial charge in [0.2, 0.25) is 0 Å². The van der Waals surface area contributed by atoms with Crippen molar-refractivity contribution in [2.24, 2.45) is 5.10 Å². The van der Waals surface area contributed by atoms with Crippen LogP contribution < -0.4 is 10.2 Å². The lowest BCUT2D eigenvalue weighted by Gasteiger charge is -2.22. The second-order valence-electron chi connectivity index (χ2n) is 7.55. The van der Waals surface area contributed by atoms with E-state index in [0.717, 1.165) is 43.0 Å². The maximum Gasteiger partial charge on any atom is 0.318 e. The van der Waals surface area contributed by atoms with E-state index in [1.165, 1.54) is 5.56 Å². The van der Waals surface area contributed by atoms with Crippen molar-refractivity contribution >= 4 is 12.0 Å². The van der Waals surface area contributed by atoms with E-state index >= 15 is 0 Å². The smallest absolute Gasteiger partial charge is 0.318 e. The van der Waals surface area contributed by atoms with Gasteiger partial charge >= 0.3 is 6.01 Å². The molecule has 0 radical (unpaired) electrons. The third-order valence-corrected chi connectivity index (χ3v) is 5.12. The molecule has 160 valence electrons. The fraction of sp³-hybridized carbons (Fsp3) is 0.333. The van der Waals surface area contributed by atoms with Crippen molar-refractivity contribution in [1.82, 2.24) is 15.0 Å². The quantitative estimate of drug-likeness (QED) is 0.438. The summed E-state index contributed by atoms with van der Waals surface area (Å²) in [6, 6.07) is 16.3. The van der Waals surface area contributed by atoms with Crippen LogP contribution in [0.1, 0.15) is 41.3 Å². The first-order valence-corrected chi connectivity index (χ1v) is 10.6. The van der Waals surface area contributed by atoms with Crippen molar-refractivity contribution in [2.45, 2.75) is 32.1 Å². The summed E-state index contributed by atoms with van der Waals surface area (Å²) in [4.78, 5) is 13.5. The van der Waals surface area contributed by atoms with Gasteiger partial charge in [-0.3, -0.25) is 10.4 Å². The molecule has 1 aliphatic heterocycles. The fourth-order valence-electron chi connectivity index (χ4n) is 3.48. The van der Waals surface area contributed by atoms with Crippen LogP contribution in [0.25, 0.3) is 0 Å². The predicted octanol–water partition coefficient (Wildman–Crippen LogP) is 4.14. The fourth-order valence-corrected chi connectivity index (χ4v) is 3.48. The Hall–Kier alpha value is -3.32. The number of hydrogen-bond acceptors (Lipinski definition) is 7. The van der Waals surface area contributed by atoms with Gasteiger partial charge in [0.25, 0.3) is 0 Å². The molecule has 0 bridgehead atoms. The van der Waals surface area contributed by atoms with Gasteiger partial charge in [-0.1, -0.05) is 35.9 Å². The number of nitrogens with one attached hydrogen (secondary N) is 1. The minimum atomic E-state index is 0.330. The minimum absolute atomic E-state index is 0.330. The molecule has 0 aliphatic carbocycles. The molecule has 1 aliphatic rings. The molecule has 31 heavy (non-hydrogen) atoms. The molecule has 0 saturated carbocycles. The van der Waals surface area contributed by atoms with Gasteiger partial charge in [-0.2, -0.15) is 15.1 Å². The number of ether oxygens (including phenoxy) is 2. The van der Waals surface area contributed by atoms with Crippen molar-refractivity contribution in [3.8, 4) is 6.01 Å². The molecule has 0 unspecified atom stereocenters. The number of hydrogen-bond donors (Lipinski definition) is 1. The van der Waals surface area contributed by atoms with Gasteiger partial charge in [0.15, 0.2) is 5.82 Å². The molecule has 0 amide bonds. The third kappa shape index (κ3) is 6.33. The van der Waals surface area contributed by atoms with E-state index in [2.05, 4.69) is 44.5 Å². The highest BCUT2D eigenvalue weighted by Crippen LogP contribution is 2.28. The summed E-state index contributed by atoms with van der Waals surface area (Å²) in [7, 11) is 0. The summed E-state index contributed by atoms with van der Waals surface area (Å²) in [6.07, 6.45) is 6.14. The molecular formula is C24H27N5O2. The summed E-state index contributed by atoms with van der Waals surface area (Å²) < 4.78 is 11.4. The van der Waals surface area contributed by atoms with Crippen molar-refractivity contribution < 1.29 is 9.47 Å².